The van der Waals surface area contributed by atoms with Crippen LogP contribution in [0, 0.1) is 13.8 Å². The van der Waals surface area contributed by atoms with Crippen molar-refractivity contribution in [2.24, 2.45) is 0 Å². The molecule has 0 aliphatic carbocycles. The van der Waals surface area contributed by atoms with Gasteiger partial charge in [-0.2, -0.15) is 0 Å². The molecular weight excluding hydrogens is 212 g/mol. The number of nitrogens with one attached hydrogen (secondary N) is 1. The third-order valence-electron chi connectivity index (χ3n) is 3.50. The second-order valence-corrected chi connectivity index (χ2v) is 5.00. The number of aryl methyl sites for hydroxylation is 2. The van der Waals surface area contributed by atoms with Crippen molar-refractivity contribution in [1.82, 2.24) is 10.2 Å². The molecule has 0 radical (unpaired) electrons. The van der Waals surface area contributed by atoms with E-state index in [1.54, 1.807) is 7.11 Å². The lowest BCUT2D eigenvalue weighted by molar-refractivity contribution is 0.171. The molecule has 1 N–H and O–H groups in total. The summed E-state index contributed by atoms with van der Waals surface area (Å²) in [6.45, 7) is 7.41. The fourth-order valence-corrected chi connectivity index (χ4v) is 2.43. The summed E-state index contributed by atoms with van der Waals surface area (Å²) in [4.78, 5) is 2.40. The van der Waals surface area contributed by atoms with Gasteiger partial charge in [0.25, 0.3) is 0 Å². The van der Waals surface area contributed by atoms with Gasteiger partial charge in [0.2, 0.25) is 0 Å². The van der Waals surface area contributed by atoms with Gasteiger partial charge < -0.3 is 10.1 Å². The molecule has 94 valence electrons. The summed E-state index contributed by atoms with van der Waals surface area (Å²) in [6, 6.07) is 5.07. The first kappa shape index (κ1) is 12.4. The van der Waals surface area contributed by atoms with Gasteiger partial charge in [0.1, 0.15) is 5.75 Å². The average Bonchev–Trinajstić information content (AvgIpc) is 2.13. The predicted molar refractivity (Wildman–Crippen MR) is 70.6 cm³/mol. The molecule has 0 saturated carbocycles. The summed E-state index contributed by atoms with van der Waals surface area (Å²) in [5.41, 5.74) is 3.82. The van der Waals surface area contributed by atoms with Crippen LogP contribution in [0.5, 0.6) is 5.75 Å². The molecule has 0 aromatic heterocycles. The van der Waals surface area contributed by atoms with E-state index in [1.165, 1.54) is 16.7 Å². The maximum absolute atomic E-state index is 5.52. The highest BCUT2D eigenvalue weighted by atomic mass is 16.5. The summed E-state index contributed by atoms with van der Waals surface area (Å²) in [5, 5.41) is 3.31. The maximum atomic E-state index is 5.52. The largest absolute Gasteiger partial charge is 0.496 e. The third-order valence-corrected chi connectivity index (χ3v) is 3.50. The van der Waals surface area contributed by atoms with E-state index in [-0.39, 0.29) is 0 Å². The number of likely N-dealkylation sites (N-methyl/N-ethyl adjacent to an activating group) is 1. The lowest BCUT2D eigenvalue weighted by Gasteiger charge is -2.36. The zero-order chi connectivity index (χ0) is 12.4. The molecule has 1 aromatic rings. The molecule has 0 amide bonds. The number of hydrogen-bond acceptors (Lipinski definition) is 3. The Balaban J connectivity index is 2.18. The molecule has 1 heterocycles. The van der Waals surface area contributed by atoms with Gasteiger partial charge >= 0.3 is 0 Å². The van der Waals surface area contributed by atoms with Crippen molar-refractivity contribution in [3.8, 4) is 5.75 Å². The van der Waals surface area contributed by atoms with Crippen LogP contribution in [0.25, 0.3) is 0 Å². The zero-order valence-corrected chi connectivity index (χ0v) is 11.2. The highest BCUT2D eigenvalue weighted by molar-refractivity contribution is 5.43. The van der Waals surface area contributed by atoms with Crippen LogP contribution in [-0.2, 0) is 6.54 Å². The Labute approximate surface area is 104 Å². The number of benzene rings is 1. The fourth-order valence-electron chi connectivity index (χ4n) is 2.43. The molecule has 0 unspecified atom stereocenters. The Hall–Kier alpha value is -1.06. The van der Waals surface area contributed by atoms with Crippen LogP contribution in [0.2, 0.25) is 0 Å². The molecule has 1 saturated heterocycles. The maximum Gasteiger partial charge on any atom is 0.126 e. The average molecular weight is 234 g/mol. The SMILES string of the molecule is COc1c(C)cc(C)cc1CN(C)C1CNC1. The number of hydrogen-bond donors (Lipinski definition) is 1. The van der Waals surface area contributed by atoms with E-state index in [4.69, 9.17) is 4.74 Å². The minimum Gasteiger partial charge on any atom is -0.496 e. The first-order valence-corrected chi connectivity index (χ1v) is 6.17. The zero-order valence-electron chi connectivity index (χ0n) is 11.2. The number of nitrogens with zero attached hydrogens (tertiary/aromatic N) is 1. The lowest BCUT2D eigenvalue weighted by atomic mass is 10.0. The quantitative estimate of drug-likeness (QED) is 0.858. The highest BCUT2D eigenvalue weighted by Gasteiger charge is 2.22. The number of methoxy groups -OCH3 is 1. The van der Waals surface area contributed by atoms with Crippen molar-refractivity contribution in [1.29, 1.82) is 0 Å². The number of ether oxygens (including phenoxy) is 1. The summed E-state index contributed by atoms with van der Waals surface area (Å²) in [5.74, 6) is 1.04. The molecule has 1 aliphatic heterocycles. The summed E-state index contributed by atoms with van der Waals surface area (Å²) >= 11 is 0. The van der Waals surface area contributed by atoms with Gasteiger partial charge in [0.15, 0.2) is 0 Å². The van der Waals surface area contributed by atoms with Gasteiger partial charge in [-0.25, -0.2) is 0 Å². The monoisotopic (exact) mass is 234 g/mol. The molecule has 3 heteroatoms. The van der Waals surface area contributed by atoms with E-state index in [0.29, 0.717) is 6.04 Å². The van der Waals surface area contributed by atoms with Gasteiger partial charge in [0, 0.05) is 31.2 Å². The van der Waals surface area contributed by atoms with Gasteiger partial charge in [-0.15, -0.1) is 0 Å². The van der Waals surface area contributed by atoms with Crippen molar-refractivity contribution in [3.63, 3.8) is 0 Å². The minimum absolute atomic E-state index is 0.667. The highest BCUT2D eigenvalue weighted by Crippen LogP contribution is 2.26. The molecule has 0 spiro atoms. The van der Waals surface area contributed by atoms with Crippen LogP contribution in [0.3, 0.4) is 0 Å². The van der Waals surface area contributed by atoms with Gasteiger partial charge in [-0.1, -0.05) is 17.7 Å². The Bertz CT molecular complexity index is 399. The minimum atomic E-state index is 0.667. The van der Waals surface area contributed by atoms with E-state index in [2.05, 4.69) is 43.2 Å². The second-order valence-electron chi connectivity index (χ2n) is 5.00. The lowest BCUT2D eigenvalue weighted by Crippen LogP contribution is -2.55. The fraction of sp³-hybridized carbons (Fsp3) is 0.571. The first-order valence-electron chi connectivity index (χ1n) is 6.17. The summed E-state index contributed by atoms with van der Waals surface area (Å²) < 4.78 is 5.52. The van der Waals surface area contributed by atoms with Gasteiger partial charge in [0.05, 0.1) is 7.11 Å². The molecule has 0 bridgehead atoms. The van der Waals surface area contributed by atoms with Crippen molar-refractivity contribution in [2.75, 3.05) is 27.2 Å². The number of rotatable bonds is 4. The van der Waals surface area contributed by atoms with Crippen LogP contribution in [0.4, 0.5) is 0 Å². The molecule has 17 heavy (non-hydrogen) atoms. The summed E-state index contributed by atoms with van der Waals surface area (Å²) in [7, 11) is 3.94. The smallest absolute Gasteiger partial charge is 0.126 e. The first-order chi connectivity index (χ1) is 8.11. The predicted octanol–water partition coefficient (Wildman–Crippen LogP) is 1.72. The van der Waals surface area contributed by atoms with Crippen LogP contribution in [-0.4, -0.2) is 38.2 Å². The molecule has 1 aliphatic rings. The third kappa shape index (κ3) is 2.61. The van der Waals surface area contributed by atoms with Crippen molar-refractivity contribution in [2.45, 2.75) is 26.4 Å². The van der Waals surface area contributed by atoms with Crippen LogP contribution in [0.1, 0.15) is 16.7 Å². The molecular formula is C14H22N2O. The summed E-state index contributed by atoms with van der Waals surface area (Å²) in [6.07, 6.45) is 0. The van der Waals surface area contributed by atoms with E-state index in [0.717, 1.165) is 25.4 Å². The second kappa shape index (κ2) is 5.07. The van der Waals surface area contributed by atoms with E-state index >= 15 is 0 Å². The van der Waals surface area contributed by atoms with Crippen LogP contribution >= 0.6 is 0 Å². The molecule has 1 aromatic carbocycles. The standard InChI is InChI=1S/C14H22N2O/c1-10-5-11(2)14(17-4)12(6-10)9-16(3)13-7-15-8-13/h5-6,13,15H,7-9H2,1-4H3. The van der Waals surface area contributed by atoms with Gasteiger partial charge in [-0.3, -0.25) is 4.90 Å². The molecule has 0 atom stereocenters. The van der Waals surface area contributed by atoms with Gasteiger partial charge in [-0.05, 0) is 26.5 Å². The van der Waals surface area contributed by atoms with E-state index < -0.39 is 0 Å². The Morgan fingerprint density at radius 1 is 1.35 bits per heavy atom. The molecule has 3 nitrogen and oxygen atoms in total. The van der Waals surface area contributed by atoms with E-state index in [9.17, 15) is 0 Å². The van der Waals surface area contributed by atoms with Crippen LogP contribution < -0.4 is 10.1 Å². The van der Waals surface area contributed by atoms with Crippen molar-refractivity contribution < 1.29 is 4.74 Å². The Morgan fingerprint density at radius 2 is 2.06 bits per heavy atom. The van der Waals surface area contributed by atoms with E-state index in [1.807, 2.05) is 0 Å². The Morgan fingerprint density at radius 3 is 2.59 bits per heavy atom. The molecule has 2 rings (SSSR count). The normalized spacial score (nSPS) is 16.1. The van der Waals surface area contributed by atoms with Crippen molar-refractivity contribution in [3.05, 3.63) is 28.8 Å². The molecule has 1 fully saturated rings. The Kier molecular flexibility index (Phi) is 3.69. The van der Waals surface area contributed by atoms with Crippen molar-refractivity contribution >= 4 is 0 Å². The topological polar surface area (TPSA) is 24.5 Å². The van der Waals surface area contributed by atoms with Crippen LogP contribution in [0.15, 0.2) is 12.1 Å².